The molecule has 0 radical (unpaired) electrons. The van der Waals surface area contributed by atoms with E-state index in [1.165, 1.54) is 7.11 Å². The van der Waals surface area contributed by atoms with Gasteiger partial charge in [-0.05, 0) is 35.9 Å². The molecule has 0 spiro atoms. The minimum absolute atomic E-state index is 0.161. The lowest BCUT2D eigenvalue weighted by Gasteiger charge is -2.20. The maximum absolute atomic E-state index is 13.0. The Bertz CT molecular complexity index is 894. The SMILES string of the molecule is COc1ccccc1NC(=O)/C(=C\c1ccc(N(C)C)cc1)NC(=O)C(C)(C)C. The summed E-state index contributed by atoms with van der Waals surface area (Å²) < 4.78 is 5.29. The molecule has 0 fully saturated rings. The molecule has 0 unspecified atom stereocenters. The Morgan fingerprint density at radius 3 is 2.17 bits per heavy atom. The third kappa shape index (κ3) is 6.10. The zero-order valence-electron chi connectivity index (χ0n) is 17.9. The highest BCUT2D eigenvalue weighted by Crippen LogP contribution is 2.24. The minimum Gasteiger partial charge on any atom is -0.495 e. The van der Waals surface area contributed by atoms with Gasteiger partial charge in [0.15, 0.2) is 0 Å². The minimum atomic E-state index is -0.640. The van der Waals surface area contributed by atoms with Crippen molar-refractivity contribution in [1.29, 1.82) is 0 Å². The fourth-order valence-electron chi connectivity index (χ4n) is 2.44. The molecule has 0 bridgehead atoms. The molecule has 154 valence electrons. The lowest BCUT2D eigenvalue weighted by atomic mass is 9.95. The highest BCUT2D eigenvalue weighted by atomic mass is 16.5. The Kier molecular flexibility index (Phi) is 7.04. The first-order valence-corrected chi connectivity index (χ1v) is 9.36. The maximum atomic E-state index is 13.0. The summed E-state index contributed by atoms with van der Waals surface area (Å²) in [5, 5.41) is 5.57. The van der Waals surface area contributed by atoms with Gasteiger partial charge in [-0.15, -0.1) is 0 Å². The van der Waals surface area contributed by atoms with Crippen LogP contribution in [0.5, 0.6) is 5.75 Å². The molecule has 2 N–H and O–H groups in total. The highest BCUT2D eigenvalue weighted by Gasteiger charge is 2.24. The standard InChI is InChI=1S/C23H29N3O3/c1-23(2,3)22(28)25-19(15-16-11-13-17(14-12-16)26(4)5)21(27)24-18-9-7-8-10-20(18)29-6/h7-15H,1-6H3,(H,24,27)(H,25,28)/b19-15+. The van der Waals surface area contributed by atoms with Crippen molar-refractivity contribution in [3.8, 4) is 5.75 Å². The van der Waals surface area contributed by atoms with Crippen molar-refractivity contribution in [2.45, 2.75) is 20.8 Å². The molecule has 2 rings (SSSR count). The largest absolute Gasteiger partial charge is 0.495 e. The van der Waals surface area contributed by atoms with Crippen molar-refractivity contribution in [3.05, 3.63) is 59.8 Å². The average Bonchev–Trinajstić information content (AvgIpc) is 2.67. The number of para-hydroxylation sites is 2. The Hall–Kier alpha value is -3.28. The lowest BCUT2D eigenvalue weighted by Crippen LogP contribution is -2.38. The molecule has 2 aromatic carbocycles. The van der Waals surface area contributed by atoms with Crippen molar-refractivity contribution < 1.29 is 14.3 Å². The van der Waals surface area contributed by atoms with Crippen molar-refractivity contribution >= 4 is 29.3 Å². The molecular weight excluding hydrogens is 366 g/mol. The van der Waals surface area contributed by atoms with Crippen LogP contribution in [0.25, 0.3) is 6.08 Å². The van der Waals surface area contributed by atoms with E-state index < -0.39 is 11.3 Å². The number of nitrogens with one attached hydrogen (secondary N) is 2. The first-order valence-electron chi connectivity index (χ1n) is 9.36. The molecule has 0 aliphatic heterocycles. The molecular formula is C23H29N3O3. The molecule has 0 heterocycles. The van der Waals surface area contributed by atoms with Crippen LogP contribution in [0.15, 0.2) is 54.2 Å². The quantitative estimate of drug-likeness (QED) is 0.728. The summed E-state index contributed by atoms with van der Waals surface area (Å²) in [5.41, 5.74) is 1.89. The zero-order chi connectivity index (χ0) is 21.6. The monoisotopic (exact) mass is 395 g/mol. The second kappa shape index (κ2) is 9.28. The van der Waals surface area contributed by atoms with Crippen LogP contribution in [0.1, 0.15) is 26.3 Å². The van der Waals surface area contributed by atoms with Crippen LogP contribution < -0.4 is 20.3 Å². The Morgan fingerprint density at radius 2 is 1.62 bits per heavy atom. The predicted molar refractivity (Wildman–Crippen MR) is 118 cm³/mol. The number of nitrogens with zero attached hydrogens (tertiary/aromatic N) is 1. The van der Waals surface area contributed by atoms with Crippen molar-refractivity contribution in [2.24, 2.45) is 5.41 Å². The van der Waals surface area contributed by atoms with Crippen LogP contribution in [0.2, 0.25) is 0 Å². The molecule has 0 aliphatic rings. The molecule has 29 heavy (non-hydrogen) atoms. The van der Waals surface area contributed by atoms with Crippen LogP contribution in [0, 0.1) is 5.41 Å². The van der Waals surface area contributed by atoms with Gasteiger partial charge >= 0.3 is 0 Å². The number of rotatable bonds is 6. The van der Waals surface area contributed by atoms with Gasteiger partial charge in [-0.3, -0.25) is 9.59 Å². The molecule has 0 aliphatic carbocycles. The van der Waals surface area contributed by atoms with E-state index in [4.69, 9.17) is 4.74 Å². The summed E-state index contributed by atoms with van der Waals surface area (Å²) in [4.78, 5) is 27.5. The first kappa shape index (κ1) is 22.0. The summed E-state index contributed by atoms with van der Waals surface area (Å²) >= 11 is 0. The van der Waals surface area contributed by atoms with Crippen molar-refractivity contribution in [2.75, 3.05) is 31.4 Å². The van der Waals surface area contributed by atoms with Gasteiger partial charge in [-0.25, -0.2) is 0 Å². The molecule has 0 saturated heterocycles. The highest BCUT2D eigenvalue weighted by molar-refractivity contribution is 6.09. The molecule has 0 saturated carbocycles. The summed E-state index contributed by atoms with van der Waals surface area (Å²) in [6.07, 6.45) is 1.66. The van der Waals surface area contributed by atoms with Gasteiger partial charge < -0.3 is 20.3 Å². The maximum Gasteiger partial charge on any atom is 0.272 e. The summed E-state index contributed by atoms with van der Waals surface area (Å²) in [6, 6.07) is 14.8. The fourth-order valence-corrected chi connectivity index (χ4v) is 2.44. The molecule has 2 amide bonds. The Labute approximate surface area is 172 Å². The second-order valence-corrected chi connectivity index (χ2v) is 7.90. The van der Waals surface area contributed by atoms with Crippen LogP contribution in [0.3, 0.4) is 0 Å². The van der Waals surface area contributed by atoms with Crippen LogP contribution in [0.4, 0.5) is 11.4 Å². The van der Waals surface area contributed by atoms with Crippen molar-refractivity contribution in [1.82, 2.24) is 5.32 Å². The average molecular weight is 396 g/mol. The fraction of sp³-hybridized carbons (Fsp3) is 0.304. The molecule has 0 atom stereocenters. The van der Waals surface area contributed by atoms with Crippen LogP contribution >= 0.6 is 0 Å². The van der Waals surface area contributed by atoms with E-state index >= 15 is 0 Å². The van der Waals surface area contributed by atoms with E-state index in [1.807, 2.05) is 49.3 Å². The van der Waals surface area contributed by atoms with Crippen LogP contribution in [-0.4, -0.2) is 33.0 Å². The number of ether oxygens (including phenoxy) is 1. The normalized spacial score (nSPS) is 11.6. The van der Waals surface area contributed by atoms with Crippen LogP contribution in [-0.2, 0) is 9.59 Å². The molecule has 6 heteroatoms. The predicted octanol–water partition coefficient (Wildman–Crippen LogP) is 3.90. The summed E-state index contributed by atoms with van der Waals surface area (Å²) in [6.45, 7) is 5.39. The van der Waals surface area contributed by atoms with Gasteiger partial charge in [0.1, 0.15) is 11.4 Å². The van der Waals surface area contributed by atoms with E-state index in [1.54, 1.807) is 45.0 Å². The Morgan fingerprint density at radius 1 is 1.00 bits per heavy atom. The number of methoxy groups -OCH3 is 1. The molecule has 2 aromatic rings. The van der Waals surface area contributed by atoms with E-state index in [0.29, 0.717) is 11.4 Å². The van der Waals surface area contributed by atoms with Crippen molar-refractivity contribution in [3.63, 3.8) is 0 Å². The topological polar surface area (TPSA) is 70.7 Å². The zero-order valence-corrected chi connectivity index (χ0v) is 17.9. The van der Waals surface area contributed by atoms with Gasteiger partial charge in [0.2, 0.25) is 5.91 Å². The van der Waals surface area contributed by atoms with E-state index in [0.717, 1.165) is 11.3 Å². The molecule has 6 nitrogen and oxygen atoms in total. The number of anilines is 2. The summed E-state index contributed by atoms with van der Waals surface area (Å²) in [5.74, 6) is -0.134. The third-order valence-electron chi connectivity index (χ3n) is 4.25. The number of hydrogen-bond donors (Lipinski definition) is 2. The second-order valence-electron chi connectivity index (χ2n) is 7.90. The smallest absolute Gasteiger partial charge is 0.272 e. The van der Waals surface area contributed by atoms with Gasteiger partial charge in [0.25, 0.3) is 5.91 Å². The third-order valence-corrected chi connectivity index (χ3v) is 4.25. The van der Waals surface area contributed by atoms with E-state index in [-0.39, 0.29) is 11.6 Å². The van der Waals surface area contributed by atoms with Gasteiger partial charge in [-0.2, -0.15) is 0 Å². The number of benzene rings is 2. The summed E-state index contributed by atoms with van der Waals surface area (Å²) in [7, 11) is 5.45. The first-order chi connectivity index (χ1) is 13.6. The number of carbonyl (C=O) groups is 2. The number of amides is 2. The number of hydrogen-bond acceptors (Lipinski definition) is 4. The number of carbonyl (C=O) groups excluding carboxylic acids is 2. The van der Waals surface area contributed by atoms with E-state index in [9.17, 15) is 9.59 Å². The Balaban J connectivity index is 2.35. The lowest BCUT2D eigenvalue weighted by molar-refractivity contribution is -0.128. The van der Waals surface area contributed by atoms with Gasteiger partial charge in [-0.1, -0.05) is 45.0 Å². The van der Waals surface area contributed by atoms with E-state index in [2.05, 4.69) is 10.6 Å². The van der Waals surface area contributed by atoms with Gasteiger partial charge in [0, 0.05) is 25.2 Å². The van der Waals surface area contributed by atoms with Gasteiger partial charge in [0.05, 0.1) is 12.8 Å². The molecule has 0 aromatic heterocycles.